The molecule has 0 spiro atoms. The molecule has 1 atom stereocenters. The number of hydrazine groups is 1. The first-order valence-corrected chi connectivity index (χ1v) is 9.80. The second-order valence-corrected chi connectivity index (χ2v) is 7.63. The van der Waals surface area contributed by atoms with Gasteiger partial charge in [0.2, 0.25) is 5.95 Å². The van der Waals surface area contributed by atoms with E-state index in [0.29, 0.717) is 5.69 Å². The van der Waals surface area contributed by atoms with E-state index in [1.165, 1.54) is 24.0 Å². The van der Waals surface area contributed by atoms with Gasteiger partial charge in [0, 0.05) is 16.6 Å². The van der Waals surface area contributed by atoms with Crippen LogP contribution < -0.4 is 16.2 Å². The van der Waals surface area contributed by atoms with E-state index >= 15 is 0 Å². The highest BCUT2D eigenvalue weighted by Gasteiger charge is 2.35. The number of rotatable bonds is 5. The van der Waals surface area contributed by atoms with Gasteiger partial charge in [-0.05, 0) is 38.2 Å². The summed E-state index contributed by atoms with van der Waals surface area (Å²) in [5.74, 6) is -2.11. The molecule has 0 aliphatic heterocycles. The lowest BCUT2D eigenvalue weighted by Gasteiger charge is -2.20. The fourth-order valence-corrected chi connectivity index (χ4v) is 3.31. The maximum Gasteiger partial charge on any atom is 0.277 e. The van der Waals surface area contributed by atoms with E-state index in [0.717, 1.165) is 23.5 Å². The summed E-state index contributed by atoms with van der Waals surface area (Å²) in [4.78, 5) is 20.3. The molecular formula is C17H17F2N7O2S2. The zero-order valence-electron chi connectivity index (χ0n) is 15.8. The van der Waals surface area contributed by atoms with Crippen LogP contribution in [0.15, 0.2) is 29.9 Å². The largest absolute Gasteiger partial charge is 0.374 e. The topological polar surface area (TPSA) is 117 Å². The van der Waals surface area contributed by atoms with Gasteiger partial charge in [0.15, 0.2) is 10.7 Å². The minimum atomic E-state index is -1.86. The van der Waals surface area contributed by atoms with Crippen molar-refractivity contribution in [2.45, 2.75) is 26.0 Å². The number of hydrogen-bond acceptors (Lipinski definition) is 7. The third kappa shape index (κ3) is 4.93. The van der Waals surface area contributed by atoms with E-state index in [9.17, 15) is 18.7 Å². The van der Waals surface area contributed by atoms with Crippen LogP contribution in [-0.4, -0.2) is 35.9 Å². The fourth-order valence-electron chi connectivity index (χ4n) is 2.32. The van der Waals surface area contributed by atoms with E-state index in [4.69, 9.17) is 12.2 Å². The lowest BCUT2D eigenvalue weighted by Crippen LogP contribution is -2.51. The van der Waals surface area contributed by atoms with E-state index in [1.807, 2.05) is 0 Å². The molecule has 4 N–H and O–H groups in total. The van der Waals surface area contributed by atoms with Crippen LogP contribution >= 0.6 is 23.6 Å². The monoisotopic (exact) mass is 453 g/mol. The number of hydrogen-bond donors (Lipinski definition) is 4. The maximum atomic E-state index is 13.7. The van der Waals surface area contributed by atoms with Gasteiger partial charge in [-0.3, -0.25) is 21.0 Å². The van der Waals surface area contributed by atoms with Crippen molar-refractivity contribution in [2.75, 3.05) is 5.32 Å². The molecule has 9 nitrogen and oxygen atoms in total. The SMILES string of the molecule is Cc1csc(C(C)(O)C(=O)NNC(=S)Nc2ncn(Cc3c(F)cccc3F)n2)n1. The van der Waals surface area contributed by atoms with Gasteiger partial charge in [0.25, 0.3) is 5.91 Å². The summed E-state index contributed by atoms with van der Waals surface area (Å²) < 4.78 is 28.7. The van der Waals surface area contributed by atoms with Crippen molar-refractivity contribution in [3.8, 4) is 0 Å². The van der Waals surface area contributed by atoms with Crippen LogP contribution in [-0.2, 0) is 16.9 Å². The summed E-state index contributed by atoms with van der Waals surface area (Å²) in [6, 6.07) is 3.57. The molecule has 0 saturated carbocycles. The van der Waals surface area contributed by atoms with Gasteiger partial charge < -0.3 is 5.11 Å². The zero-order chi connectivity index (χ0) is 21.9. The molecule has 0 bridgehead atoms. The van der Waals surface area contributed by atoms with Crippen LogP contribution in [0.3, 0.4) is 0 Å². The highest BCUT2D eigenvalue weighted by molar-refractivity contribution is 7.80. The number of aliphatic hydroxyl groups is 1. The number of thiocarbonyl (C=S) groups is 1. The molecule has 13 heteroatoms. The molecule has 2 aromatic heterocycles. The van der Waals surface area contributed by atoms with E-state index in [-0.39, 0.29) is 28.2 Å². The zero-order valence-corrected chi connectivity index (χ0v) is 17.4. The van der Waals surface area contributed by atoms with Crippen LogP contribution in [0.5, 0.6) is 0 Å². The minimum absolute atomic E-state index is 0.0424. The van der Waals surface area contributed by atoms with Crippen molar-refractivity contribution in [3.05, 3.63) is 57.8 Å². The van der Waals surface area contributed by atoms with Crippen LogP contribution in [0.25, 0.3) is 0 Å². The number of nitrogens with zero attached hydrogens (tertiary/aromatic N) is 4. The molecule has 1 unspecified atom stereocenters. The smallest absolute Gasteiger partial charge is 0.277 e. The number of aromatic nitrogens is 4. The number of halogens is 2. The number of amides is 1. The first-order chi connectivity index (χ1) is 14.2. The van der Waals surface area contributed by atoms with Gasteiger partial charge in [-0.1, -0.05) is 6.07 Å². The van der Waals surface area contributed by atoms with Crippen molar-refractivity contribution < 1.29 is 18.7 Å². The van der Waals surface area contributed by atoms with Gasteiger partial charge in [-0.15, -0.1) is 16.4 Å². The highest BCUT2D eigenvalue weighted by atomic mass is 32.1. The molecule has 30 heavy (non-hydrogen) atoms. The minimum Gasteiger partial charge on any atom is -0.374 e. The van der Waals surface area contributed by atoms with Crippen molar-refractivity contribution in [3.63, 3.8) is 0 Å². The standard InChI is InChI=1S/C17H17F2N7O2S2/c1-9-7-30-14(21-9)17(2,28)13(27)23-24-16(29)22-15-20-8-26(25-15)6-10-11(18)4-3-5-12(10)19/h3-5,7-8,28H,6H2,1-2H3,(H,23,27)(H2,22,24,25,29). The molecule has 3 aromatic rings. The second kappa shape index (κ2) is 8.77. The summed E-state index contributed by atoms with van der Waals surface area (Å²) in [5, 5.41) is 18.9. The van der Waals surface area contributed by atoms with E-state index in [1.54, 1.807) is 12.3 Å². The molecule has 158 valence electrons. The van der Waals surface area contributed by atoms with Crippen LogP contribution in [0.2, 0.25) is 0 Å². The molecule has 3 rings (SSSR count). The van der Waals surface area contributed by atoms with Crippen molar-refractivity contribution >= 4 is 40.5 Å². The first-order valence-electron chi connectivity index (χ1n) is 8.51. The Bertz CT molecular complexity index is 1060. The van der Waals surface area contributed by atoms with Gasteiger partial charge in [-0.2, -0.15) is 0 Å². The lowest BCUT2D eigenvalue weighted by molar-refractivity contribution is -0.139. The third-order valence-corrected chi connectivity index (χ3v) is 5.29. The highest BCUT2D eigenvalue weighted by Crippen LogP contribution is 2.24. The Balaban J connectivity index is 1.55. The Morgan fingerprint density at radius 2 is 2.03 bits per heavy atom. The summed E-state index contributed by atoms with van der Waals surface area (Å²) in [7, 11) is 0. The molecule has 1 amide bonds. The molecular weight excluding hydrogens is 436 g/mol. The molecule has 2 heterocycles. The Kier molecular flexibility index (Phi) is 6.34. The molecule has 0 aliphatic rings. The molecule has 0 radical (unpaired) electrons. The average Bonchev–Trinajstić information content (AvgIpc) is 3.32. The summed E-state index contributed by atoms with van der Waals surface area (Å²) >= 11 is 6.19. The van der Waals surface area contributed by atoms with Gasteiger partial charge in [0.05, 0.1) is 6.54 Å². The van der Waals surface area contributed by atoms with Crippen LogP contribution in [0.1, 0.15) is 23.2 Å². The normalized spacial score (nSPS) is 12.8. The molecule has 1 aromatic carbocycles. The third-order valence-electron chi connectivity index (χ3n) is 3.91. The second-order valence-electron chi connectivity index (χ2n) is 6.37. The Morgan fingerprint density at radius 1 is 1.33 bits per heavy atom. The summed E-state index contributed by atoms with van der Waals surface area (Å²) in [6.45, 7) is 2.89. The van der Waals surface area contributed by atoms with Crippen LogP contribution in [0.4, 0.5) is 14.7 Å². The van der Waals surface area contributed by atoms with E-state index < -0.39 is 23.1 Å². The number of nitrogens with one attached hydrogen (secondary N) is 3. The molecule has 0 aliphatic carbocycles. The number of thiazole rings is 1. The number of aryl methyl sites for hydroxylation is 1. The van der Waals surface area contributed by atoms with Crippen molar-refractivity contribution in [1.82, 2.24) is 30.6 Å². The summed E-state index contributed by atoms with van der Waals surface area (Å²) in [6.07, 6.45) is 1.27. The Labute approximate surface area is 179 Å². The van der Waals surface area contributed by atoms with Crippen LogP contribution in [0, 0.1) is 18.6 Å². The predicted octanol–water partition coefficient (Wildman–Crippen LogP) is 1.59. The van der Waals surface area contributed by atoms with Gasteiger partial charge in [0.1, 0.15) is 23.0 Å². The average molecular weight is 454 g/mol. The Morgan fingerprint density at radius 3 is 2.67 bits per heavy atom. The van der Waals surface area contributed by atoms with Crippen molar-refractivity contribution in [2.24, 2.45) is 0 Å². The maximum absolute atomic E-state index is 13.7. The number of carbonyl (C=O) groups excluding carboxylic acids is 1. The quantitative estimate of drug-likeness (QED) is 0.340. The number of benzene rings is 1. The molecule has 0 fully saturated rings. The number of carbonyl (C=O) groups is 1. The Hall–Kier alpha value is -3.03. The van der Waals surface area contributed by atoms with E-state index in [2.05, 4.69) is 31.2 Å². The van der Waals surface area contributed by atoms with Crippen molar-refractivity contribution in [1.29, 1.82) is 0 Å². The lowest BCUT2D eigenvalue weighted by atomic mass is 10.1. The number of anilines is 1. The summed E-state index contributed by atoms with van der Waals surface area (Å²) in [5.41, 5.74) is 3.37. The predicted molar refractivity (Wildman–Crippen MR) is 109 cm³/mol. The molecule has 0 saturated heterocycles. The first kappa shape index (κ1) is 21.7. The van der Waals surface area contributed by atoms with Gasteiger partial charge in [-0.25, -0.2) is 23.4 Å². The van der Waals surface area contributed by atoms with Gasteiger partial charge >= 0.3 is 0 Å². The fraction of sp³-hybridized carbons (Fsp3) is 0.235.